The molecular formula is C33H28F2N2O4S2. The Kier molecular flexibility index (Phi) is 8.18. The highest BCUT2D eigenvalue weighted by Gasteiger charge is 2.26. The Morgan fingerprint density at radius 2 is 1.65 bits per heavy atom. The average molecular weight is 619 g/mol. The second-order valence-corrected chi connectivity index (χ2v) is 13.2. The first kappa shape index (κ1) is 30.1. The van der Waals surface area contributed by atoms with Crippen LogP contribution in [0.2, 0.25) is 0 Å². The molecule has 0 atom stereocenters. The summed E-state index contributed by atoms with van der Waals surface area (Å²) >= 11 is 1.33. The topological polar surface area (TPSA) is 79.6 Å². The normalized spacial score (nSPS) is 11.5. The quantitative estimate of drug-likeness (QED) is 0.179. The molecule has 4 aromatic carbocycles. The van der Waals surface area contributed by atoms with Crippen LogP contribution in [0.3, 0.4) is 0 Å². The zero-order valence-electron chi connectivity index (χ0n) is 23.9. The van der Waals surface area contributed by atoms with Crippen LogP contribution in [0.5, 0.6) is 0 Å². The summed E-state index contributed by atoms with van der Waals surface area (Å²) < 4.78 is 60.3. The van der Waals surface area contributed by atoms with Gasteiger partial charge in [0.1, 0.15) is 23.0 Å². The third-order valence-electron chi connectivity index (χ3n) is 7.08. The average Bonchev–Trinajstić information content (AvgIpc) is 3.36. The van der Waals surface area contributed by atoms with Crippen LogP contribution in [0.15, 0.2) is 94.8 Å². The molecule has 43 heavy (non-hydrogen) atoms. The number of amides is 1. The number of carbonyl (C=O) groups excluding carboxylic acids is 1. The van der Waals surface area contributed by atoms with Gasteiger partial charge in [-0.3, -0.25) is 9.10 Å². The highest BCUT2D eigenvalue weighted by atomic mass is 32.2. The molecule has 0 fully saturated rings. The number of nitrogens with zero attached hydrogens (tertiary/aromatic N) is 1. The van der Waals surface area contributed by atoms with Crippen molar-refractivity contribution >= 4 is 49.3 Å². The minimum Gasteiger partial charge on any atom is -0.455 e. The Morgan fingerprint density at radius 1 is 0.953 bits per heavy atom. The van der Waals surface area contributed by atoms with E-state index in [1.54, 1.807) is 18.2 Å². The number of furan rings is 1. The number of fused-ring (bicyclic) bond motifs is 1. The van der Waals surface area contributed by atoms with Crippen molar-refractivity contribution in [3.63, 3.8) is 0 Å². The van der Waals surface area contributed by atoms with Gasteiger partial charge in [-0.1, -0.05) is 42.6 Å². The van der Waals surface area contributed by atoms with Gasteiger partial charge in [-0.2, -0.15) is 0 Å². The fourth-order valence-electron chi connectivity index (χ4n) is 4.69. The predicted molar refractivity (Wildman–Crippen MR) is 170 cm³/mol. The van der Waals surface area contributed by atoms with Crippen molar-refractivity contribution in [3.05, 3.63) is 114 Å². The third-order valence-corrected chi connectivity index (χ3v) is 9.42. The largest absolute Gasteiger partial charge is 0.455 e. The highest BCUT2D eigenvalue weighted by Crippen LogP contribution is 2.43. The van der Waals surface area contributed by atoms with Crippen LogP contribution >= 0.6 is 11.8 Å². The van der Waals surface area contributed by atoms with E-state index in [1.807, 2.05) is 31.2 Å². The number of halogens is 2. The van der Waals surface area contributed by atoms with Crippen molar-refractivity contribution in [2.45, 2.75) is 11.8 Å². The lowest BCUT2D eigenvalue weighted by molar-refractivity contribution is 0.0964. The van der Waals surface area contributed by atoms with Crippen molar-refractivity contribution in [1.29, 1.82) is 0 Å². The van der Waals surface area contributed by atoms with Crippen molar-refractivity contribution in [2.24, 2.45) is 0 Å². The number of thioether (sulfide) groups is 1. The Hall–Kier alpha value is -4.41. The molecule has 1 N–H and O–H groups in total. The lowest BCUT2D eigenvalue weighted by Gasteiger charge is -2.21. The summed E-state index contributed by atoms with van der Waals surface area (Å²) in [7, 11) is -0.764. The van der Waals surface area contributed by atoms with E-state index >= 15 is 0 Å². The van der Waals surface area contributed by atoms with Gasteiger partial charge in [-0.05, 0) is 72.1 Å². The molecule has 220 valence electrons. The molecule has 1 aromatic heterocycles. The molecule has 0 saturated carbocycles. The molecule has 5 aromatic rings. The minimum absolute atomic E-state index is 0.225. The first-order chi connectivity index (χ1) is 20.4. The van der Waals surface area contributed by atoms with E-state index in [2.05, 4.69) is 11.9 Å². The SMILES string of the molecule is C=C(Sc1cc(F)ccc1C)c1cccc(-c2cc3c(C(=O)NC)c(-c4ccc(F)cc4)oc3cc2N(C)S(C)(=O)=O)c1. The van der Waals surface area contributed by atoms with E-state index in [1.165, 1.54) is 62.3 Å². The van der Waals surface area contributed by atoms with E-state index in [0.29, 0.717) is 32.7 Å². The van der Waals surface area contributed by atoms with Crippen LogP contribution in [0, 0.1) is 18.6 Å². The lowest BCUT2D eigenvalue weighted by atomic mass is 9.97. The van der Waals surface area contributed by atoms with Crippen LogP contribution in [0.25, 0.3) is 38.3 Å². The fraction of sp³-hybridized carbons (Fsp3) is 0.121. The van der Waals surface area contributed by atoms with Crippen LogP contribution in [-0.2, 0) is 10.0 Å². The van der Waals surface area contributed by atoms with Gasteiger partial charge in [0.25, 0.3) is 5.91 Å². The molecule has 6 nitrogen and oxygen atoms in total. The third kappa shape index (κ3) is 6.07. The maximum Gasteiger partial charge on any atom is 0.255 e. The summed E-state index contributed by atoms with van der Waals surface area (Å²) in [6.45, 7) is 6.10. The maximum atomic E-state index is 13.9. The molecule has 0 bridgehead atoms. The van der Waals surface area contributed by atoms with E-state index in [0.717, 1.165) is 26.6 Å². The van der Waals surface area contributed by atoms with Crippen molar-refractivity contribution in [1.82, 2.24) is 5.32 Å². The molecule has 1 heterocycles. The number of rotatable bonds is 8. The van der Waals surface area contributed by atoms with Gasteiger partial charge in [0.15, 0.2) is 0 Å². The first-order valence-electron chi connectivity index (χ1n) is 13.1. The van der Waals surface area contributed by atoms with Crippen molar-refractivity contribution in [2.75, 3.05) is 24.7 Å². The van der Waals surface area contributed by atoms with Gasteiger partial charge in [0, 0.05) is 46.5 Å². The number of sulfonamides is 1. The molecular weight excluding hydrogens is 591 g/mol. The minimum atomic E-state index is -3.70. The zero-order valence-corrected chi connectivity index (χ0v) is 25.5. The van der Waals surface area contributed by atoms with Gasteiger partial charge in [0.2, 0.25) is 10.0 Å². The smallest absolute Gasteiger partial charge is 0.255 e. The summed E-state index contributed by atoms with van der Waals surface area (Å²) in [4.78, 5) is 14.6. The number of hydrogen-bond donors (Lipinski definition) is 1. The van der Waals surface area contributed by atoms with Crippen molar-refractivity contribution in [3.8, 4) is 22.5 Å². The fourth-order valence-corrected chi connectivity index (χ4v) is 6.11. The summed E-state index contributed by atoms with van der Waals surface area (Å²) in [6, 6.07) is 20.8. The van der Waals surface area contributed by atoms with Gasteiger partial charge in [-0.15, -0.1) is 0 Å². The van der Waals surface area contributed by atoms with Crippen LogP contribution in [0.4, 0.5) is 14.5 Å². The molecule has 0 aliphatic carbocycles. The maximum absolute atomic E-state index is 13.9. The van der Waals surface area contributed by atoms with Crippen molar-refractivity contribution < 1.29 is 26.4 Å². The van der Waals surface area contributed by atoms with E-state index in [9.17, 15) is 22.0 Å². The second-order valence-electron chi connectivity index (χ2n) is 10.0. The standard InChI is InChI=1S/C33H28F2N2O4S2/c1-19-9-12-25(35)16-30(19)42-20(2)22-7-6-8-23(15-22)26-17-27-29(18-28(26)37(4)43(5,39)40)41-32(31(27)33(38)36-3)21-10-13-24(34)14-11-21/h6-18H,2H2,1,3-5H3,(H,36,38). The molecule has 1 amide bonds. The Balaban J connectivity index is 1.70. The van der Waals surface area contributed by atoms with E-state index in [-0.39, 0.29) is 22.7 Å². The van der Waals surface area contributed by atoms with Gasteiger partial charge < -0.3 is 9.73 Å². The molecule has 0 spiro atoms. The number of nitrogens with one attached hydrogen (secondary N) is 1. The molecule has 10 heteroatoms. The van der Waals surface area contributed by atoms with E-state index < -0.39 is 21.7 Å². The van der Waals surface area contributed by atoms with E-state index in [4.69, 9.17) is 4.42 Å². The number of benzene rings is 4. The van der Waals surface area contributed by atoms with Crippen LogP contribution in [0.1, 0.15) is 21.5 Å². The molecule has 0 saturated heterocycles. The van der Waals surface area contributed by atoms with Gasteiger partial charge in [0.05, 0.1) is 17.5 Å². The number of hydrogen-bond acceptors (Lipinski definition) is 5. The van der Waals surface area contributed by atoms with Crippen LogP contribution in [-0.4, -0.2) is 34.7 Å². The highest BCUT2D eigenvalue weighted by molar-refractivity contribution is 8.08. The number of anilines is 1. The second kappa shape index (κ2) is 11.7. The summed E-state index contributed by atoms with van der Waals surface area (Å²) in [5.41, 5.74) is 4.18. The Labute approximate surface area is 253 Å². The molecule has 0 radical (unpaired) electrons. The molecule has 0 aliphatic heterocycles. The summed E-state index contributed by atoms with van der Waals surface area (Å²) in [5, 5.41) is 3.09. The first-order valence-corrected chi connectivity index (χ1v) is 15.8. The lowest BCUT2D eigenvalue weighted by Crippen LogP contribution is -2.25. The monoisotopic (exact) mass is 618 g/mol. The number of aryl methyl sites for hydroxylation is 1. The van der Waals surface area contributed by atoms with Gasteiger partial charge in [-0.25, -0.2) is 17.2 Å². The molecule has 5 rings (SSSR count). The Bertz CT molecular complexity index is 2000. The summed E-state index contributed by atoms with van der Waals surface area (Å²) in [5.74, 6) is -0.975. The summed E-state index contributed by atoms with van der Waals surface area (Å²) in [6.07, 6.45) is 1.10. The molecule has 0 aliphatic rings. The number of carbonyl (C=O) groups is 1. The molecule has 0 unspecified atom stereocenters. The predicted octanol–water partition coefficient (Wildman–Crippen LogP) is 7.87. The van der Waals surface area contributed by atoms with Crippen LogP contribution < -0.4 is 9.62 Å². The Morgan fingerprint density at radius 3 is 2.33 bits per heavy atom. The zero-order chi connectivity index (χ0) is 31.1. The van der Waals surface area contributed by atoms with Gasteiger partial charge >= 0.3 is 0 Å².